The van der Waals surface area contributed by atoms with Crippen LogP contribution in [0.2, 0.25) is 0 Å². The summed E-state index contributed by atoms with van der Waals surface area (Å²) in [6.07, 6.45) is -3.50. The summed E-state index contributed by atoms with van der Waals surface area (Å²) in [5.74, 6) is -3.67. The Morgan fingerprint density at radius 2 is 1.95 bits per heavy atom. The number of hydrogen-bond acceptors (Lipinski definition) is 3. The molecule has 2 N–H and O–H groups in total. The van der Waals surface area contributed by atoms with Crippen LogP contribution in [0.25, 0.3) is 0 Å². The Morgan fingerprint density at radius 1 is 1.29 bits per heavy atom. The average molecular weight is 304 g/mol. The van der Waals surface area contributed by atoms with Crippen LogP contribution in [0, 0.1) is 0 Å². The molecule has 9 heteroatoms. The highest BCUT2D eigenvalue weighted by Crippen LogP contribution is 2.21. The molecule has 0 aromatic carbocycles. The SMILES string of the molecule is O=C(O)c1cc(NC(=O)C(F)(F)F)c(=O)n2c1CCCC2. The number of amides is 1. The predicted molar refractivity (Wildman–Crippen MR) is 65.3 cm³/mol. The lowest BCUT2D eigenvalue weighted by Crippen LogP contribution is -2.36. The van der Waals surface area contributed by atoms with Gasteiger partial charge < -0.3 is 15.0 Å². The number of rotatable bonds is 2. The van der Waals surface area contributed by atoms with Crippen molar-refractivity contribution < 1.29 is 27.9 Å². The van der Waals surface area contributed by atoms with E-state index in [4.69, 9.17) is 5.11 Å². The first kappa shape index (κ1) is 15.1. The number of carboxylic acid groups (broad SMARTS) is 1. The number of carbonyl (C=O) groups is 2. The van der Waals surface area contributed by atoms with Gasteiger partial charge in [-0.15, -0.1) is 0 Å². The molecule has 1 aliphatic rings. The van der Waals surface area contributed by atoms with Gasteiger partial charge in [0.15, 0.2) is 0 Å². The third-order valence-electron chi connectivity index (χ3n) is 3.18. The molecule has 2 rings (SSSR count). The summed E-state index contributed by atoms with van der Waals surface area (Å²) in [5, 5.41) is 10.5. The Morgan fingerprint density at radius 3 is 2.52 bits per heavy atom. The third kappa shape index (κ3) is 2.91. The van der Waals surface area contributed by atoms with Crippen molar-refractivity contribution in [2.45, 2.75) is 32.0 Å². The van der Waals surface area contributed by atoms with Gasteiger partial charge in [0.05, 0.1) is 5.56 Å². The van der Waals surface area contributed by atoms with Crippen LogP contribution in [-0.2, 0) is 17.8 Å². The minimum Gasteiger partial charge on any atom is -0.478 e. The zero-order valence-electron chi connectivity index (χ0n) is 10.7. The van der Waals surface area contributed by atoms with Gasteiger partial charge in [0, 0.05) is 12.2 Å². The van der Waals surface area contributed by atoms with Gasteiger partial charge in [-0.3, -0.25) is 9.59 Å². The van der Waals surface area contributed by atoms with E-state index in [1.54, 1.807) is 0 Å². The highest BCUT2D eigenvalue weighted by atomic mass is 19.4. The number of nitrogens with zero attached hydrogens (tertiary/aromatic N) is 1. The summed E-state index contributed by atoms with van der Waals surface area (Å²) in [6, 6.07) is 0.783. The van der Waals surface area contributed by atoms with Crippen LogP contribution >= 0.6 is 0 Å². The van der Waals surface area contributed by atoms with Gasteiger partial charge >= 0.3 is 18.1 Å². The summed E-state index contributed by atoms with van der Waals surface area (Å²) in [4.78, 5) is 34.1. The Balaban J connectivity index is 2.53. The van der Waals surface area contributed by atoms with Crippen molar-refractivity contribution in [2.24, 2.45) is 0 Å². The third-order valence-corrected chi connectivity index (χ3v) is 3.18. The second-order valence-corrected chi connectivity index (χ2v) is 4.59. The van der Waals surface area contributed by atoms with Crippen molar-refractivity contribution in [3.8, 4) is 0 Å². The Hall–Kier alpha value is -2.32. The van der Waals surface area contributed by atoms with Gasteiger partial charge in [-0.2, -0.15) is 13.2 Å². The van der Waals surface area contributed by atoms with E-state index in [2.05, 4.69) is 0 Å². The lowest BCUT2D eigenvalue weighted by atomic mass is 10.0. The lowest BCUT2D eigenvalue weighted by molar-refractivity contribution is -0.167. The molecule has 0 atom stereocenters. The van der Waals surface area contributed by atoms with E-state index < -0.39 is 29.3 Å². The number of fused-ring (bicyclic) bond motifs is 1. The number of alkyl halides is 3. The zero-order chi connectivity index (χ0) is 15.8. The Bertz CT molecular complexity index is 664. The zero-order valence-corrected chi connectivity index (χ0v) is 10.7. The van der Waals surface area contributed by atoms with Crippen LogP contribution in [0.3, 0.4) is 0 Å². The maximum Gasteiger partial charge on any atom is 0.471 e. The van der Waals surface area contributed by atoms with Crippen LogP contribution in [0.15, 0.2) is 10.9 Å². The fourth-order valence-electron chi connectivity index (χ4n) is 2.24. The molecule has 2 heterocycles. The highest BCUT2D eigenvalue weighted by molar-refractivity contribution is 5.96. The van der Waals surface area contributed by atoms with Crippen LogP contribution in [0.4, 0.5) is 18.9 Å². The molecule has 0 bridgehead atoms. The topological polar surface area (TPSA) is 88.4 Å². The minimum atomic E-state index is -5.16. The maximum atomic E-state index is 12.2. The molecule has 1 amide bonds. The quantitative estimate of drug-likeness (QED) is 0.864. The standard InChI is InChI=1S/C12H11F3N2O4/c13-12(14,15)11(21)16-7-5-6(10(19)20)8-3-1-2-4-17(8)9(7)18/h5H,1-4H2,(H,16,21)(H,19,20). The number of carbonyl (C=O) groups excluding carboxylic acids is 1. The molecule has 6 nitrogen and oxygen atoms in total. The largest absolute Gasteiger partial charge is 0.478 e. The molecule has 0 unspecified atom stereocenters. The summed E-state index contributed by atoms with van der Waals surface area (Å²) < 4.78 is 37.8. The normalized spacial score (nSPS) is 14.4. The number of anilines is 1. The van der Waals surface area contributed by atoms with Crippen molar-refractivity contribution in [1.29, 1.82) is 0 Å². The first-order chi connectivity index (χ1) is 9.71. The molecule has 0 fully saturated rings. The number of nitrogens with one attached hydrogen (secondary N) is 1. The molecule has 0 spiro atoms. The van der Waals surface area contributed by atoms with Crippen molar-refractivity contribution in [2.75, 3.05) is 5.32 Å². The second kappa shape index (κ2) is 5.23. The lowest BCUT2D eigenvalue weighted by Gasteiger charge is -2.21. The monoisotopic (exact) mass is 304 g/mol. The molecule has 1 aromatic heterocycles. The first-order valence-electron chi connectivity index (χ1n) is 6.10. The molecule has 114 valence electrons. The molecule has 0 radical (unpaired) electrons. The fourth-order valence-corrected chi connectivity index (χ4v) is 2.24. The second-order valence-electron chi connectivity index (χ2n) is 4.59. The Kier molecular flexibility index (Phi) is 3.75. The summed E-state index contributed by atoms with van der Waals surface area (Å²) in [5.41, 5.74) is -1.51. The first-order valence-corrected chi connectivity index (χ1v) is 6.10. The number of halogens is 3. The van der Waals surface area contributed by atoms with Gasteiger partial charge in [0.25, 0.3) is 5.56 Å². The van der Waals surface area contributed by atoms with E-state index in [1.807, 2.05) is 0 Å². The molecule has 21 heavy (non-hydrogen) atoms. The highest BCUT2D eigenvalue weighted by Gasteiger charge is 2.39. The fraction of sp³-hybridized carbons (Fsp3) is 0.417. The van der Waals surface area contributed by atoms with Gasteiger partial charge in [0.1, 0.15) is 5.69 Å². The van der Waals surface area contributed by atoms with Crippen molar-refractivity contribution in [3.63, 3.8) is 0 Å². The minimum absolute atomic E-state index is 0.212. The van der Waals surface area contributed by atoms with Crippen LogP contribution in [0.1, 0.15) is 28.9 Å². The number of aromatic carboxylic acids is 1. The summed E-state index contributed by atoms with van der Waals surface area (Å²) in [6.45, 7) is 0.212. The number of pyridine rings is 1. The molecular weight excluding hydrogens is 293 g/mol. The van der Waals surface area contributed by atoms with Crippen LogP contribution in [0.5, 0.6) is 0 Å². The van der Waals surface area contributed by atoms with E-state index in [1.165, 1.54) is 5.32 Å². The molecular formula is C12H11F3N2O4. The van der Waals surface area contributed by atoms with E-state index in [0.29, 0.717) is 19.3 Å². The summed E-state index contributed by atoms with van der Waals surface area (Å²) in [7, 11) is 0. The molecule has 0 saturated carbocycles. The molecule has 0 saturated heterocycles. The van der Waals surface area contributed by atoms with Gasteiger partial charge in [-0.05, 0) is 25.3 Å². The van der Waals surface area contributed by atoms with Crippen molar-refractivity contribution in [3.05, 3.63) is 27.7 Å². The molecule has 1 aromatic rings. The number of aromatic nitrogens is 1. The predicted octanol–water partition coefficient (Wildman–Crippen LogP) is 1.38. The van der Waals surface area contributed by atoms with Gasteiger partial charge in [-0.1, -0.05) is 0 Å². The molecule has 0 aliphatic carbocycles. The van der Waals surface area contributed by atoms with Crippen molar-refractivity contribution >= 4 is 17.6 Å². The smallest absolute Gasteiger partial charge is 0.471 e. The van der Waals surface area contributed by atoms with E-state index in [0.717, 1.165) is 10.6 Å². The average Bonchev–Trinajstić information content (AvgIpc) is 2.40. The van der Waals surface area contributed by atoms with Crippen molar-refractivity contribution in [1.82, 2.24) is 4.57 Å². The molecule has 1 aliphatic heterocycles. The number of carboxylic acids is 1. The number of hydrogen-bond donors (Lipinski definition) is 2. The maximum absolute atomic E-state index is 12.2. The van der Waals surface area contributed by atoms with Crippen LogP contribution < -0.4 is 10.9 Å². The van der Waals surface area contributed by atoms with Gasteiger partial charge in [-0.25, -0.2) is 4.79 Å². The van der Waals surface area contributed by atoms with Gasteiger partial charge in [0.2, 0.25) is 0 Å². The van der Waals surface area contributed by atoms with E-state index in [9.17, 15) is 27.6 Å². The Labute approximate surface area is 116 Å². The van der Waals surface area contributed by atoms with E-state index >= 15 is 0 Å². The summed E-state index contributed by atoms with van der Waals surface area (Å²) >= 11 is 0. The van der Waals surface area contributed by atoms with Crippen LogP contribution in [-0.4, -0.2) is 27.7 Å². The van der Waals surface area contributed by atoms with E-state index in [-0.39, 0.29) is 17.8 Å².